The van der Waals surface area contributed by atoms with Gasteiger partial charge in [-0.15, -0.1) is 0 Å². The largest absolute Gasteiger partial charge is 0.302 e. The van der Waals surface area contributed by atoms with Crippen LogP contribution in [-0.4, -0.2) is 24.5 Å². The Kier molecular flexibility index (Phi) is 2.85. The summed E-state index contributed by atoms with van der Waals surface area (Å²) < 4.78 is 0. The molecule has 1 saturated heterocycles. The molecule has 0 N–H and O–H groups in total. The summed E-state index contributed by atoms with van der Waals surface area (Å²) in [5.41, 5.74) is 0. The predicted molar refractivity (Wildman–Crippen MR) is 52.1 cm³/mol. The van der Waals surface area contributed by atoms with Gasteiger partial charge >= 0.3 is 0 Å². The number of hydrogen-bond acceptors (Lipinski definition) is 2. The molecule has 72 valence electrons. The van der Waals surface area contributed by atoms with Crippen LogP contribution in [0.1, 0.15) is 32.1 Å². The van der Waals surface area contributed by atoms with Crippen molar-refractivity contribution in [1.82, 2.24) is 4.90 Å². The number of likely N-dealkylation sites (tertiary alicyclic amines) is 1. The van der Waals surface area contributed by atoms with Crippen LogP contribution in [0.2, 0.25) is 0 Å². The van der Waals surface area contributed by atoms with Crippen LogP contribution in [0.4, 0.5) is 0 Å². The maximum absolute atomic E-state index is 8.82. The number of rotatable bonds is 3. The van der Waals surface area contributed by atoms with Crippen molar-refractivity contribution in [2.45, 2.75) is 32.1 Å². The van der Waals surface area contributed by atoms with Crippen molar-refractivity contribution in [3.63, 3.8) is 0 Å². The van der Waals surface area contributed by atoms with Crippen LogP contribution in [0, 0.1) is 23.2 Å². The molecular formula is C11H18N2. The lowest BCUT2D eigenvalue weighted by Crippen LogP contribution is -2.35. The zero-order chi connectivity index (χ0) is 9.10. The molecule has 1 aliphatic carbocycles. The molecule has 1 atom stereocenters. The van der Waals surface area contributed by atoms with Gasteiger partial charge in [0.2, 0.25) is 0 Å². The first-order chi connectivity index (χ1) is 6.38. The molecule has 1 heterocycles. The Balaban J connectivity index is 1.69. The zero-order valence-corrected chi connectivity index (χ0v) is 8.21. The molecule has 0 amide bonds. The number of hydrogen-bond donors (Lipinski definition) is 0. The highest BCUT2D eigenvalue weighted by molar-refractivity contribution is 4.88. The van der Waals surface area contributed by atoms with Gasteiger partial charge in [-0.25, -0.2) is 0 Å². The van der Waals surface area contributed by atoms with Crippen LogP contribution >= 0.6 is 0 Å². The molecule has 0 aromatic carbocycles. The van der Waals surface area contributed by atoms with Crippen molar-refractivity contribution in [3.8, 4) is 6.07 Å². The summed E-state index contributed by atoms with van der Waals surface area (Å²) >= 11 is 0. The van der Waals surface area contributed by atoms with Gasteiger partial charge in [0.15, 0.2) is 0 Å². The summed E-state index contributed by atoms with van der Waals surface area (Å²) in [5, 5.41) is 8.82. The quantitative estimate of drug-likeness (QED) is 0.661. The summed E-state index contributed by atoms with van der Waals surface area (Å²) in [7, 11) is 0. The van der Waals surface area contributed by atoms with E-state index in [2.05, 4.69) is 11.0 Å². The summed E-state index contributed by atoms with van der Waals surface area (Å²) in [4.78, 5) is 2.48. The zero-order valence-electron chi connectivity index (χ0n) is 8.21. The summed E-state index contributed by atoms with van der Waals surface area (Å²) in [6.45, 7) is 3.50. The van der Waals surface area contributed by atoms with Crippen molar-refractivity contribution in [1.29, 1.82) is 5.26 Å². The molecule has 2 fully saturated rings. The monoisotopic (exact) mass is 178 g/mol. The minimum Gasteiger partial charge on any atom is -0.302 e. The first kappa shape index (κ1) is 9.02. The number of piperidine rings is 1. The molecule has 0 spiro atoms. The highest BCUT2D eigenvalue weighted by Crippen LogP contribution is 2.32. The second-order valence-corrected chi connectivity index (χ2v) is 4.50. The van der Waals surface area contributed by atoms with Gasteiger partial charge in [-0.3, -0.25) is 0 Å². The normalized spacial score (nSPS) is 29.9. The lowest BCUT2D eigenvalue weighted by molar-refractivity contribution is 0.195. The van der Waals surface area contributed by atoms with E-state index in [4.69, 9.17) is 5.26 Å². The van der Waals surface area contributed by atoms with Gasteiger partial charge in [0.05, 0.1) is 12.0 Å². The van der Waals surface area contributed by atoms with E-state index < -0.39 is 0 Å². The molecule has 1 saturated carbocycles. The third-order valence-corrected chi connectivity index (χ3v) is 3.24. The van der Waals surface area contributed by atoms with E-state index in [9.17, 15) is 0 Å². The molecule has 1 unspecified atom stereocenters. The van der Waals surface area contributed by atoms with Crippen LogP contribution in [-0.2, 0) is 0 Å². The van der Waals surface area contributed by atoms with Crippen LogP contribution in [0.15, 0.2) is 0 Å². The van der Waals surface area contributed by atoms with E-state index >= 15 is 0 Å². The second-order valence-electron chi connectivity index (χ2n) is 4.50. The molecule has 1 aliphatic heterocycles. The maximum atomic E-state index is 8.82. The molecule has 0 radical (unpaired) electrons. The molecule has 0 bridgehead atoms. The highest BCUT2D eigenvalue weighted by Gasteiger charge is 2.24. The molecule has 2 aliphatic rings. The van der Waals surface area contributed by atoms with Crippen molar-refractivity contribution < 1.29 is 0 Å². The Labute approximate surface area is 80.5 Å². The standard InChI is InChI=1S/C11H18N2/c12-8-11-2-1-6-13(9-11)7-5-10-3-4-10/h10-11H,1-7,9H2. The van der Waals surface area contributed by atoms with Crippen molar-refractivity contribution in [2.75, 3.05) is 19.6 Å². The minimum atomic E-state index is 0.313. The second kappa shape index (κ2) is 4.11. The van der Waals surface area contributed by atoms with Crippen molar-refractivity contribution >= 4 is 0 Å². The Morgan fingerprint density at radius 2 is 2.15 bits per heavy atom. The molecule has 0 aromatic heterocycles. The lowest BCUT2D eigenvalue weighted by Gasteiger charge is -2.29. The first-order valence-electron chi connectivity index (χ1n) is 5.50. The van der Waals surface area contributed by atoms with Gasteiger partial charge < -0.3 is 4.90 Å². The summed E-state index contributed by atoms with van der Waals surface area (Å²) in [6, 6.07) is 2.40. The molecule has 2 nitrogen and oxygen atoms in total. The van der Waals surface area contributed by atoms with E-state index in [1.54, 1.807) is 0 Å². The van der Waals surface area contributed by atoms with Crippen LogP contribution in [0.25, 0.3) is 0 Å². The summed E-state index contributed by atoms with van der Waals surface area (Å²) in [6.07, 6.45) is 6.63. The van der Waals surface area contributed by atoms with Gasteiger partial charge in [-0.05, 0) is 38.3 Å². The van der Waals surface area contributed by atoms with Crippen molar-refractivity contribution in [2.24, 2.45) is 11.8 Å². The van der Waals surface area contributed by atoms with E-state index in [0.29, 0.717) is 5.92 Å². The lowest BCUT2D eigenvalue weighted by atomic mass is 9.99. The van der Waals surface area contributed by atoms with Crippen molar-refractivity contribution in [3.05, 3.63) is 0 Å². The molecule has 0 aromatic rings. The average molecular weight is 178 g/mol. The molecule has 13 heavy (non-hydrogen) atoms. The average Bonchev–Trinajstić information content (AvgIpc) is 2.99. The fraction of sp³-hybridized carbons (Fsp3) is 0.909. The maximum Gasteiger partial charge on any atom is 0.0669 e. The van der Waals surface area contributed by atoms with Gasteiger partial charge in [0.1, 0.15) is 0 Å². The van der Waals surface area contributed by atoms with Gasteiger partial charge in [-0.2, -0.15) is 5.26 Å². The highest BCUT2D eigenvalue weighted by atomic mass is 15.1. The van der Waals surface area contributed by atoms with Gasteiger partial charge in [0.25, 0.3) is 0 Å². The molecule has 2 heteroatoms. The predicted octanol–water partition coefficient (Wildman–Crippen LogP) is 2.02. The number of nitrogens with zero attached hydrogens (tertiary/aromatic N) is 2. The minimum absolute atomic E-state index is 0.313. The Bertz CT molecular complexity index is 203. The smallest absolute Gasteiger partial charge is 0.0669 e. The Morgan fingerprint density at radius 3 is 2.85 bits per heavy atom. The van der Waals surface area contributed by atoms with E-state index in [1.165, 1.54) is 38.8 Å². The van der Waals surface area contributed by atoms with E-state index in [0.717, 1.165) is 18.9 Å². The fourth-order valence-corrected chi connectivity index (χ4v) is 2.14. The Hall–Kier alpha value is -0.550. The van der Waals surface area contributed by atoms with E-state index in [-0.39, 0.29) is 0 Å². The van der Waals surface area contributed by atoms with Gasteiger partial charge in [0, 0.05) is 6.54 Å². The number of nitriles is 1. The third-order valence-electron chi connectivity index (χ3n) is 3.24. The van der Waals surface area contributed by atoms with Gasteiger partial charge in [-0.1, -0.05) is 12.8 Å². The van der Waals surface area contributed by atoms with Crippen LogP contribution in [0.5, 0.6) is 0 Å². The van der Waals surface area contributed by atoms with E-state index in [1.807, 2.05) is 0 Å². The van der Waals surface area contributed by atoms with Crippen LogP contribution in [0.3, 0.4) is 0 Å². The third kappa shape index (κ3) is 2.70. The topological polar surface area (TPSA) is 27.0 Å². The SMILES string of the molecule is N#CC1CCCN(CCC2CC2)C1. The fourth-order valence-electron chi connectivity index (χ4n) is 2.14. The summed E-state index contributed by atoms with van der Waals surface area (Å²) in [5.74, 6) is 1.34. The van der Waals surface area contributed by atoms with Crippen LogP contribution < -0.4 is 0 Å². The molecule has 2 rings (SSSR count). The molecular weight excluding hydrogens is 160 g/mol. The Morgan fingerprint density at radius 1 is 1.31 bits per heavy atom. The first-order valence-corrected chi connectivity index (χ1v) is 5.50.